The first-order valence-corrected chi connectivity index (χ1v) is 8.78. The zero-order valence-electron chi connectivity index (χ0n) is 13.3. The Balaban J connectivity index is 1.70. The zero-order valence-corrected chi connectivity index (χ0v) is 14.1. The predicted octanol–water partition coefficient (Wildman–Crippen LogP) is 4.19. The number of hydrogen-bond acceptors (Lipinski definition) is 5. The van der Waals surface area contributed by atoms with E-state index in [1.54, 1.807) is 0 Å². The molecule has 2 aromatic rings. The molecule has 1 aliphatic rings. The van der Waals surface area contributed by atoms with Gasteiger partial charge in [0, 0.05) is 12.6 Å². The van der Waals surface area contributed by atoms with Gasteiger partial charge in [0.05, 0.1) is 11.7 Å². The van der Waals surface area contributed by atoms with Gasteiger partial charge in [-0.1, -0.05) is 36.8 Å². The highest BCUT2D eigenvalue weighted by Gasteiger charge is 2.26. The maximum atomic E-state index is 5.94. The molecule has 1 aromatic heterocycles. The molecule has 1 unspecified atom stereocenters. The molecular weight excluding hydrogens is 294 g/mol. The van der Waals surface area contributed by atoms with Crippen molar-refractivity contribution in [2.45, 2.75) is 52.2 Å². The Bertz CT molecular complexity index is 596. The Labute approximate surface area is 136 Å². The fourth-order valence-corrected chi connectivity index (χ4v) is 3.49. The molecule has 0 amide bonds. The van der Waals surface area contributed by atoms with Crippen molar-refractivity contribution < 1.29 is 4.74 Å². The highest BCUT2D eigenvalue weighted by Crippen LogP contribution is 2.32. The Morgan fingerprint density at radius 2 is 2.05 bits per heavy atom. The van der Waals surface area contributed by atoms with Gasteiger partial charge >= 0.3 is 0 Å². The maximum absolute atomic E-state index is 5.94. The molecule has 118 valence electrons. The maximum Gasteiger partial charge on any atom is 0.271 e. The van der Waals surface area contributed by atoms with Crippen molar-refractivity contribution in [3.8, 4) is 5.88 Å². The Morgan fingerprint density at radius 3 is 2.82 bits per heavy atom. The van der Waals surface area contributed by atoms with Crippen LogP contribution in [0.5, 0.6) is 5.88 Å². The lowest BCUT2D eigenvalue weighted by atomic mass is 10.0. The third-order valence-electron chi connectivity index (χ3n) is 4.31. The summed E-state index contributed by atoms with van der Waals surface area (Å²) in [5.74, 6) is 1.62. The zero-order chi connectivity index (χ0) is 15.4. The smallest absolute Gasteiger partial charge is 0.271 e. The van der Waals surface area contributed by atoms with Crippen molar-refractivity contribution in [3.05, 3.63) is 35.4 Å². The summed E-state index contributed by atoms with van der Waals surface area (Å²) in [4.78, 5) is 2.39. The van der Waals surface area contributed by atoms with E-state index in [2.05, 4.69) is 51.8 Å². The highest BCUT2D eigenvalue weighted by atomic mass is 32.1. The van der Waals surface area contributed by atoms with E-state index in [0.29, 0.717) is 18.5 Å². The van der Waals surface area contributed by atoms with E-state index in [-0.39, 0.29) is 0 Å². The molecule has 0 spiro atoms. The molecule has 2 heterocycles. The van der Waals surface area contributed by atoms with Crippen LogP contribution in [0.25, 0.3) is 0 Å². The fraction of sp³-hybridized carbons (Fsp3) is 0.529. The molecule has 1 aromatic carbocycles. The summed E-state index contributed by atoms with van der Waals surface area (Å²) >= 11 is 1.24. The summed E-state index contributed by atoms with van der Waals surface area (Å²) in [6.07, 6.45) is 4.93. The second-order valence-corrected chi connectivity index (χ2v) is 6.45. The van der Waals surface area contributed by atoms with Crippen molar-refractivity contribution in [2.24, 2.45) is 0 Å². The molecule has 22 heavy (non-hydrogen) atoms. The molecule has 1 fully saturated rings. The standard InChI is InChI=1S/C17H23N3OS/c1-3-15-6-4-5-11-20(15)16-17(19-22-18-16)21-12-14-9-7-13(2)8-10-14/h7-10,15H,3-6,11-12H2,1-2H3. The largest absolute Gasteiger partial charge is 0.470 e. The van der Waals surface area contributed by atoms with E-state index in [0.717, 1.165) is 24.3 Å². The van der Waals surface area contributed by atoms with Crippen LogP contribution in [-0.4, -0.2) is 21.3 Å². The van der Waals surface area contributed by atoms with Gasteiger partial charge in [-0.2, -0.15) is 4.37 Å². The van der Waals surface area contributed by atoms with Crippen LogP contribution < -0.4 is 9.64 Å². The van der Waals surface area contributed by atoms with Gasteiger partial charge in [0.15, 0.2) is 0 Å². The van der Waals surface area contributed by atoms with Crippen LogP contribution in [0.2, 0.25) is 0 Å². The number of nitrogens with zero attached hydrogens (tertiary/aromatic N) is 3. The number of rotatable bonds is 5. The number of piperidine rings is 1. The number of anilines is 1. The SMILES string of the molecule is CCC1CCCCN1c1nsnc1OCc1ccc(C)cc1. The third kappa shape index (κ3) is 3.40. The fourth-order valence-electron chi connectivity index (χ4n) is 2.98. The van der Waals surface area contributed by atoms with E-state index in [1.165, 1.54) is 36.6 Å². The van der Waals surface area contributed by atoms with Gasteiger partial charge in [-0.15, -0.1) is 4.37 Å². The molecular formula is C17H23N3OS. The Hall–Kier alpha value is -1.62. The molecule has 4 nitrogen and oxygen atoms in total. The van der Waals surface area contributed by atoms with Crippen molar-refractivity contribution in [3.63, 3.8) is 0 Å². The van der Waals surface area contributed by atoms with Crippen molar-refractivity contribution >= 4 is 17.5 Å². The number of aromatic nitrogens is 2. The molecule has 0 radical (unpaired) electrons. The normalized spacial score (nSPS) is 18.5. The van der Waals surface area contributed by atoms with Crippen LogP contribution in [0.1, 0.15) is 43.7 Å². The second-order valence-electron chi connectivity index (χ2n) is 5.92. The summed E-state index contributed by atoms with van der Waals surface area (Å²) in [5.41, 5.74) is 2.43. The predicted molar refractivity (Wildman–Crippen MR) is 90.7 cm³/mol. The summed E-state index contributed by atoms with van der Waals surface area (Å²) in [7, 11) is 0. The van der Waals surface area contributed by atoms with E-state index in [4.69, 9.17) is 4.74 Å². The van der Waals surface area contributed by atoms with Gasteiger partial charge in [0.25, 0.3) is 5.88 Å². The van der Waals surface area contributed by atoms with Gasteiger partial charge in [-0.3, -0.25) is 0 Å². The molecule has 0 saturated carbocycles. The van der Waals surface area contributed by atoms with Crippen LogP contribution in [-0.2, 0) is 6.61 Å². The molecule has 1 aliphatic heterocycles. The quantitative estimate of drug-likeness (QED) is 0.828. The molecule has 0 aliphatic carbocycles. The topological polar surface area (TPSA) is 38.2 Å². The first-order chi connectivity index (χ1) is 10.8. The molecule has 1 atom stereocenters. The average Bonchev–Trinajstić information content (AvgIpc) is 3.02. The molecule has 5 heteroatoms. The minimum absolute atomic E-state index is 0.545. The van der Waals surface area contributed by atoms with E-state index < -0.39 is 0 Å². The average molecular weight is 317 g/mol. The number of benzene rings is 1. The number of ether oxygens (including phenoxy) is 1. The van der Waals surface area contributed by atoms with Crippen LogP contribution >= 0.6 is 11.7 Å². The monoisotopic (exact) mass is 317 g/mol. The summed E-state index contributed by atoms with van der Waals surface area (Å²) in [5, 5.41) is 0. The Kier molecular flexibility index (Phi) is 4.93. The number of aryl methyl sites for hydroxylation is 1. The number of hydrogen-bond donors (Lipinski definition) is 0. The van der Waals surface area contributed by atoms with Gasteiger partial charge in [0.2, 0.25) is 5.82 Å². The lowest BCUT2D eigenvalue weighted by Gasteiger charge is -2.35. The van der Waals surface area contributed by atoms with Crippen LogP contribution in [0.4, 0.5) is 5.82 Å². The molecule has 0 bridgehead atoms. The van der Waals surface area contributed by atoms with Gasteiger partial charge in [0.1, 0.15) is 6.61 Å². The van der Waals surface area contributed by atoms with E-state index in [9.17, 15) is 0 Å². The highest BCUT2D eigenvalue weighted by molar-refractivity contribution is 6.99. The summed E-state index contributed by atoms with van der Waals surface area (Å²) in [6, 6.07) is 8.99. The second kappa shape index (κ2) is 7.09. The van der Waals surface area contributed by atoms with Crippen molar-refractivity contribution in [1.29, 1.82) is 0 Å². The van der Waals surface area contributed by atoms with Crippen LogP contribution in [0, 0.1) is 6.92 Å². The summed E-state index contributed by atoms with van der Waals surface area (Å²) < 4.78 is 14.8. The minimum Gasteiger partial charge on any atom is -0.470 e. The Morgan fingerprint density at radius 1 is 1.23 bits per heavy atom. The molecule has 1 saturated heterocycles. The first kappa shape index (κ1) is 15.3. The first-order valence-electron chi connectivity index (χ1n) is 8.05. The van der Waals surface area contributed by atoms with Crippen LogP contribution in [0.15, 0.2) is 24.3 Å². The molecule has 3 rings (SSSR count). The van der Waals surface area contributed by atoms with E-state index in [1.807, 2.05) is 0 Å². The van der Waals surface area contributed by atoms with Crippen molar-refractivity contribution in [1.82, 2.24) is 8.75 Å². The van der Waals surface area contributed by atoms with Crippen LogP contribution in [0.3, 0.4) is 0 Å². The lowest BCUT2D eigenvalue weighted by molar-refractivity contribution is 0.294. The third-order valence-corrected chi connectivity index (χ3v) is 4.81. The van der Waals surface area contributed by atoms with Gasteiger partial charge < -0.3 is 9.64 Å². The van der Waals surface area contributed by atoms with Crippen molar-refractivity contribution in [2.75, 3.05) is 11.4 Å². The summed E-state index contributed by atoms with van der Waals surface area (Å²) in [6.45, 7) is 5.94. The lowest BCUT2D eigenvalue weighted by Crippen LogP contribution is -2.39. The van der Waals surface area contributed by atoms with Gasteiger partial charge in [-0.05, 0) is 38.2 Å². The molecule has 0 N–H and O–H groups in total. The van der Waals surface area contributed by atoms with E-state index >= 15 is 0 Å². The van der Waals surface area contributed by atoms with Gasteiger partial charge in [-0.25, -0.2) is 0 Å². The minimum atomic E-state index is 0.545.